The van der Waals surface area contributed by atoms with Gasteiger partial charge >= 0.3 is 6.18 Å². The molecule has 0 amide bonds. The first-order valence-electron chi connectivity index (χ1n) is 9.49. The van der Waals surface area contributed by atoms with Gasteiger partial charge in [-0.1, -0.05) is 30.3 Å². The molecule has 0 fully saturated rings. The predicted molar refractivity (Wildman–Crippen MR) is 104 cm³/mol. The van der Waals surface area contributed by atoms with Gasteiger partial charge in [0.2, 0.25) is 0 Å². The van der Waals surface area contributed by atoms with Gasteiger partial charge in [-0.25, -0.2) is 0 Å². The minimum absolute atomic E-state index is 0.120. The lowest BCUT2D eigenvalue weighted by Gasteiger charge is -2.34. The molecule has 0 saturated heterocycles. The molecule has 1 N–H and O–H groups in total. The van der Waals surface area contributed by atoms with Crippen molar-refractivity contribution in [2.24, 2.45) is 0 Å². The lowest BCUT2D eigenvalue weighted by Crippen LogP contribution is -2.40. The maximum absolute atomic E-state index is 13.0. The SMILES string of the molecule is CC1=C(C(=O)[O-])C(c2ccccc2OCc2cccc(C(F)(F)F)c2)C(C(=O)[O-])=C(C)N1. The lowest BCUT2D eigenvalue weighted by atomic mass is 9.80. The Balaban J connectivity index is 2.02. The van der Waals surface area contributed by atoms with Crippen LogP contribution in [0.3, 0.4) is 0 Å². The van der Waals surface area contributed by atoms with Crippen molar-refractivity contribution in [2.45, 2.75) is 32.5 Å². The van der Waals surface area contributed by atoms with Gasteiger partial charge < -0.3 is 29.9 Å². The Labute approximate surface area is 181 Å². The highest BCUT2D eigenvalue weighted by atomic mass is 19.4. The van der Waals surface area contributed by atoms with Crippen LogP contribution in [0.4, 0.5) is 13.2 Å². The van der Waals surface area contributed by atoms with Crippen molar-refractivity contribution in [3.05, 3.63) is 87.8 Å². The molecular weight excluding hydrogens is 427 g/mol. The number of dihydropyridines is 1. The summed E-state index contributed by atoms with van der Waals surface area (Å²) in [6, 6.07) is 10.7. The quantitative estimate of drug-likeness (QED) is 0.730. The number of alkyl halides is 3. The van der Waals surface area contributed by atoms with Crippen molar-refractivity contribution >= 4 is 11.9 Å². The van der Waals surface area contributed by atoms with E-state index in [-0.39, 0.29) is 46.0 Å². The van der Waals surface area contributed by atoms with E-state index >= 15 is 0 Å². The smallest absolute Gasteiger partial charge is 0.416 e. The van der Waals surface area contributed by atoms with Gasteiger partial charge in [-0.3, -0.25) is 0 Å². The predicted octanol–water partition coefficient (Wildman–Crippen LogP) is 2.02. The number of allylic oxidation sites excluding steroid dienone is 2. The summed E-state index contributed by atoms with van der Waals surface area (Å²) in [5.74, 6) is -4.28. The van der Waals surface area contributed by atoms with Crippen molar-refractivity contribution in [3.8, 4) is 5.75 Å². The minimum Gasteiger partial charge on any atom is -0.545 e. The molecule has 0 aliphatic carbocycles. The molecule has 0 unspecified atom stereocenters. The van der Waals surface area contributed by atoms with E-state index in [0.29, 0.717) is 0 Å². The van der Waals surface area contributed by atoms with Gasteiger partial charge in [0, 0.05) is 34.0 Å². The Hall–Kier alpha value is -3.75. The zero-order valence-corrected chi connectivity index (χ0v) is 17.1. The summed E-state index contributed by atoms with van der Waals surface area (Å²) in [5.41, 5.74) is -0.595. The van der Waals surface area contributed by atoms with E-state index in [0.717, 1.165) is 12.1 Å². The van der Waals surface area contributed by atoms with Gasteiger partial charge in [0.05, 0.1) is 17.5 Å². The number of nitrogens with one attached hydrogen (secondary N) is 1. The van der Waals surface area contributed by atoms with Gasteiger partial charge in [-0.15, -0.1) is 0 Å². The zero-order valence-electron chi connectivity index (χ0n) is 17.1. The number of aliphatic carboxylic acids is 2. The monoisotopic (exact) mass is 445 g/mol. The number of halogens is 3. The first-order chi connectivity index (χ1) is 15.0. The fraction of sp³-hybridized carbons (Fsp3) is 0.217. The first-order valence-corrected chi connectivity index (χ1v) is 9.49. The number of rotatable bonds is 6. The van der Waals surface area contributed by atoms with Crippen LogP contribution in [0.1, 0.15) is 36.5 Å². The Bertz CT molecular complexity index is 1100. The van der Waals surface area contributed by atoms with E-state index in [1.807, 2.05) is 0 Å². The van der Waals surface area contributed by atoms with Crippen LogP contribution in [-0.4, -0.2) is 11.9 Å². The summed E-state index contributed by atoms with van der Waals surface area (Å²) in [7, 11) is 0. The summed E-state index contributed by atoms with van der Waals surface area (Å²) < 4.78 is 44.6. The molecule has 168 valence electrons. The number of carboxylic acids is 2. The highest BCUT2D eigenvalue weighted by Gasteiger charge is 2.33. The van der Waals surface area contributed by atoms with Crippen LogP contribution in [0.2, 0.25) is 0 Å². The minimum atomic E-state index is -4.51. The number of hydrogen-bond acceptors (Lipinski definition) is 6. The molecule has 0 atom stereocenters. The molecule has 0 aromatic heterocycles. The van der Waals surface area contributed by atoms with Crippen molar-refractivity contribution in [1.29, 1.82) is 0 Å². The van der Waals surface area contributed by atoms with Crippen molar-refractivity contribution in [3.63, 3.8) is 0 Å². The van der Waals surface area contributed by atoms with Gasteiger partial charge in [-0.05, 0) is 37.6 Å². The molecule has 0 bridgehead atoms. The summed E-state index contributed by atoms with van der Waals surface area (Å²) in [6.45, 7) is 2.69. The molecule has 9 heteroatoms. The summed E-state index contributed by atoms with van der Waals surface area (Å²) in [6.07, 6.45) is -4.51. The number of hydrogen-bond donors (Lipinski definition) is 1. The topological polar surface area (TPSA) is 102 Å². The molecule has 0 spiro atoms. The molecule has 1 aliphatic heterocycles. The third kappa shape index (κ3) is 4.61. The fourth-order valence-corrected chi connectivity index (χ4v) is 3.70. The molecule has 0 saturated carbocycles. The van der Waals surface area contributed by atoms with Crippen LogP contribution in [0.15, 0.2) is 71.1 Å². The molecule has 2 aromatic carbocycles. The molecule has 6 nitrogen and oxygen atoms in total. The largest absolute Gasteiger partial charge is 0.545 e. The standard InChI is InChI=1S/C23H20F3NO5/c1-12-18(21(28)29)20(19(22(30)31)13(2)27-12)16-8-3-4-9-17(16)32-11-14-6-5-7-15(10-14)23(24,25)26/h3-10,20,27H,11H2,1-2H3,(H,28,29)(H,30,31)/p-2. The third-order valence-electron chi connectivity index (χ3n) is 5.08. The van der Waals surface area contributed by atoms with Gasteiger partial charge in [-0.2, -0.15) is 13.2 Å². The number of carboxylic acid groups (broad SMARTS) is 2. The summed E-state index contributed by atoms with van der Waals surface area (Å²) in [5, 5.41) is 26.4. The highest BCUT2D eigenvalue weighted by molar-refractivity contribution is 5.97. The van der Waals surface area contributed by atoms with Crippen LogP contribution >= 0.6 is 0 Å². The maximum Gasteiger partial charge on any atom is 0.416 e. The molecule has 3 rings (SSSR count). The Morgan fingerprint density at radius 1 is 0.969 bits per heavy atom. The number of carbonyl (C=O) groups is 2. The molecule has 0 radical (unpaired) electrons. The van der Waals surface area contributed by atoms with E-state index in [2.05, 4.69) is 5.32 Å². The number of benzene rings is 2. The van der Waals surface area contributed by atoms with Crippen molar-refractivity contribution in [2.75, 3.05) is 0 Å². The summed E-state index contributed by atoms with van der Waals surface area (Å²) >= 11 is 0. The van der Waals surface area contributed by atoms with Gasteiger partial charge in [0.1, 0.15) is 12.4 Å². The molecule has 32 heavy (non-hydrogen) atoms. The van der Waals surface area contributed by atoms with Crippen LogP contribution < -0.4 is 20.3 Å². The van der Waals surface area contributed by atoms with E-state index in [4.69, 9.17) is 4.74 Å². The number of carbonyl (C=O) groups excluding carboxylic acids is 2. The fourth-order valence-electron chi connectivity index (χ4n) is 3.70. The highest BCUT2D eigenvalue weighted by Crippen LogP contribution is 2.41. The van der Waals surface area contributed by atoms with Crippen LogP contribution in [0.5, 0.6) is 5.75 Å². The van der Waals surface area contributed by atoms with Crippen LogP contribution in [-0.2, 0) is 22.4 Å². The average molecular weight is 445 g/mol. The van der Waals surface area contributed by atoms with Crippen LogP contribution in [0.25, 0.3) is 0 Å². The van der Waals surface area contributed by atoms with E-state index in [9.17, 15) is 33.0 Å². The normalized spacial score (nSPS) is 14.9. The molecule has 1 heterocycles. The zero-order chi connectivity index (χ0) is 23.6. The van der Waals surface area contributed by atoms with Crippen LogP contribution in [0, 0.1) is 0 Å². The Kier molecular flexibility index (Phi) is 6.29. The van der Waals surface area contributed by atoms with Crippen molar-refractivity contribution in [1.82, 2.24) is 5.32 Å². The first kappa shape index (κ1) is 22.9. The summed E-state index contributed by atoms with van der Waals surface area (Å²) in [4.78, 5) is 23.7. The second-order valence-electron chi connectivity index (χ2n) is 7.23. The van der Waals surface area contributed by atoms with Crippen molar-refractivity contribution < 1.29 is 37.7 Å². The Morgan fingerprint density at radius 3 is 2.12 bits per heavy atom. The second kappa shape index (κ2) is 8.78. The molecule has 1 aliphatic rings. The van der Waals surface area contributed by atoms with Gasteiger partial charge in [0.15, 0.2) is 0 Å². The van der Waals surface area contributed by atoms with E-state index < -0.39 is 29.6 Å². The molecular formula is C23H18F3NO5-2. The Morgan fingerprint density at radius 2 is 1.56 bits per heavy atom. The second-order valence-corrected chi connectivity index (χ2v) is 7.23. The van der Waals surface area contributed by atoms with Gasteiger partial charge in [0.25, 0.3) is 0 Å². The molecule has 2 aromatic rings. The number of ether oxygens (including phenoxy) is 1. The van der Waals surface area contributed by atoms with E-state index in [1.54, 1.807) is 12.1 Å². The lowest BCUT2D eigenvalue weighted by molar-refractivity contribution is -0.300. The average Bonchev–Trinajstić information content (AvgIpc) is 2.71. The maximum atomic E-state index is 13.0. The van der Waals surface area contributed by atoms with E-state index in [1.165, 1.54) is 38.1 Å². The number of para-hydroxylation sites is 1. The third-order valence-corrected chi connectivity index (χ3v) is 5.08.